The lowest BCUT2D eigenvalue weighted by Gasteiger charge is -2.10. The van der Waals surface area contributed by atoms with E-state index in [9.17, 15) is 13.2 Å². The summed E-state index contributed by atoms with van der Waals surface area (Å²) >= 11 is 1.01. The quantitative estimate of drug-likeness (QED) is 0.929. The molecule has 112 valence electrons. The number of hydrogen-bond acceptors (Lipinski definition) is 6. The summed E-state index contributed by atoms with van der Waals surface area (Å²) in [5, 5.41) is 11.9. The van der Waals surface area contributed by atoms with Gasteiger partial charge in [0.15, 0.2) is 0 Å². The van der Waals surface area contributed by atoms with Crippen LogP contribution in [-0.2, 0) is 12.7 Å². The van der Waals surface area contributed by atoms with E-state index in [1.165, 1.54) is 6.07 Å². The van der Waals surface area contributed by atoms with Crippen molar-refractivity contribution in [3.63, 3.8) is 0 Å². The number of tetrazole rings is 1. The molecular formula is C11H11F3N6S. The van der Waals surface area contributed by atoms with E-state index in [-0.39, 0.29) is 17.6 Å². The Balaban J connectivity index is 1.94. The Bertz CT molecular complexity index is 652. The number of halogens is 3. The molecule has 0 bridgehead atoms. The van der Waals surface area contributed by atoms with Crippen molar-refractivity contribution in [2.75, 3.05) is 0 Å². The summed E-state index contributed by atoms with van der Waals surface area (Å²) in [6.45, 7) is 0.0957. The van der Waals surface area contributed by atoms with Crippen LogP contribution in [0, 0.1) is 0 Å². The average molecular weight is 316 g/mol. The molecule has 2 heterocycles. The Morgan fingerprint density at radius 2 is 2.10 bits per heavy atom. The lowest BCUT2D eigenvalue weighted by Crippen LogP contribution is -2.11. The van der Waals surface area contributed by atoms with E-state index in [4.69, 9.17) is 5.73 Å². The zero-order chi connectivity index (χ0) is 15.0. The van der Waals surface area contributed by atoms with Gasteiger partial charge in [0.25, 0.3) is 0 Å². The first kappa shape index (κ1) is 14.3. The Kier molecular flexibility index (Phi) is 3.57. The minimum atomic E-state index is -4.50. The highest BCUT2D eigenvalue weighted by Gasteiger charge is 2.33. The minimum absolute atomic E-state index is 0.0957. The summed E-state index contributed by atoms with van der Waals surface area (Å²) in [6.07, 6.45) is -2.55. The molecule has 6 nitrogen and oxygen atoms in total. The zero-order valence-electron chi connectivity index (χ0n) is 10.7. The van der Waals surface area contributed by atoms with Crippen LogP contribution in [0.5, 0.6) is 0 Å². The van der Waals surface area contributed by atoms with Gasteiger partial charge in [-0.05, 0) is 46.7 Å². The number of alkyl halides is 3. The predicted octanol–water partition coefficient (Wildman–Crippen LogP) is 2.03. The summed E-state index contributed by atoms with van der Waals surface area (Å²) in [6, 6.07) is 2.49. The molecule has 21 heavy (non-hydrogen) atoms. The van der Waals surface area contributed by atoms with E-state index in [0.717, 1.165) is 30.7 Å². The largest absolute Gasteiger partial charge is 0.433 e. The van der Waals surface area contributed by atoms with Crippen molar-refractivity contribution in [1.29, 1.82) is 0 Å². The van der Waals surface area contributed by atoms with Crippen LogP contribution in [0.2, 0.25) is 0 Å². The van der Waals surface area contributed by atoms with E-state index in [0.29, 0.717) is 10.7 Å². The van der Waals surface area contributed by atoms with Gasteiger partial charge in [-0.25, -0.2) is 9.67 Å². The van der Waals surface area contributed by atoms with Crippen molar-refractivity contribution >= 4 is 11.8 Å². The molecule has 2 N–H and O–H groups in total. The molecule has 0 spiro atoms. The van der Waals surface area contributed by atoms with E-state index < -0.39 is 11.9 Å². The summed E-state index contributed by atoms with van der Waals surface area (Å²) in [7, 11) is 0. The summed E-state index contributed by atoms with van der Waals surface area (Å²) in [5.41, 5.74) is 5.13. The van der Waals surface area contributed by atoms with Gasteiger partial charge in [-0.2, -0.15) is 13.2 Å². The molecule has 0 aliphatic heterocycles. The SMILES string of the molecule is NCc1ccc(C(F)(F)F)nc1Sc1nnnn1C1CC1. The van der Waals surface area contributed by atoms with E-state index in [1.54, 1.807) is 4.68 Å². The fourth-order valence-electron chi connectivity index (χ4n) is 1.76. The standard InChI is InChI=1S/C11H11F3N6S/c12-11(13,14)8-4-1-6(5-15)9(16-8)21-10-17-18-19-20(10)7-2-3-7/h1,4,7H,2-3,5,15H2. The molecule has 0 unspecified atom stereocenters. The number of nitrogens with zero attached hydrogens (tertiary/aromatic N) is 5. The molecule has 0 radical (unpaired) electrons. The minimum Gasteiger partial charge on any atom is -0.326 e. The summed E-state index contributed by atoms with van der Waals surface area (Å²) in [5.74, 6) is 0. The fraction of sp³-hybridized carbons (Fsp3) is 0.455. The second-order valence-corrected chi connectivity index (χ2v) is 5.56. The third-order valence-corrected chi connectivity index (χ3v) is 3.99. The molecule has 10 heteroatoms. The Hall–Kier alpha value is -1.68. The van der Waals surface area contributed by atoms with Crippen molar-refractivity contribution in [2.45, 2.75) is 41.8 Å². The van der Waals surface area contributed by atoms with E-state index in [1.807, 2.05) is 0 Å². The van der Waals surface area contributed by atoms with E-state index in [2.05, 4.69) is 20.5 Å². The smallest absolute Gasteiger partial charge is 0.326 e. The van der Waals surface area contributed by atoms with Gasteiger partial charge >= 0.3 is 6.18 Å². The van der Waals surface area contributed by atoms with Crippen molar-refractivity contribution in [3.05, 3.63) is 23.4 Å². The van der Waals surface area contributed by atoms with Crippen LogP contribution in [0.15, 0.2) is 22.3 Å². The van der Waals surface area contributed by atoms with Crippen molar-refractivity contribution in [1.82, 2.24) is 25.2 Å². The highest BCUT2D eigenvalue weighted by atomic mass is 32.2. The fourth-order valence-corrected chi connectivity index (χ4v) is 2.71. The van der Waals surface area contributed by atoms with Gasteiger partial charge < -0.3 is 5.73 Å². The molecule has 1 aliphatic carbocycles. The molecule has 3 rings (SSSR count). The first-order valence-electron chi connectivity index (χ1n) is 6.22. The van der Waals surface area contributed by atoms with Gasteiger partial charge in [-0.3, -0.25) is 0 Å². The molecule has 0 amide bonds. The lowest BCUT2D eigenvalue weighted by atomic mass is 10.2. The molecule has 0 aromatic carbocycles. The second-order valence-electron chi connectivity index (χ2n) is 4.60. The lowest BCUT2D eigenvalue weighted by molar-refractivity contribution is -0.141. The predicted molar refractivity (Wildman–Crippen MR) is 67.3 cm³/mol. The molecule has 1 aliphatic rings. The molecule has 0 saturated heterocycles. The normalized spacial score (nSPS) is 15.4. The molecule has 0 atom stereocenters. The van der Waals surface area contributed by atoms with Gasteiger partial charge in [-0.1, -0.05) is 6.07 Å². The van der Waals surface area contributed by atoms with Gasteiger partial charge in [-0.15, -0.1) is 5.10 Å². The number of nitrogens with two attached hydrogens (primary N) is 1. The summed E-state index contributed by atoms with van der Waals surface area (Å²) in [4.78, 5) is 3.66. The van der Waals surface area contributed by atoms with Crippen LogP contribution < -0.4 is 5.73 Å². The molecule has 1 saturated carbocycles. The molecular weight excluding hydrogens is 305 g/mol. The highest BCUT2D eigenvalue weighted by Crippen LogP contribution is 2.39. The third kappa shape index (κ3) is 3.00. The van der Waals surface area contributed by atoms with Crippen molar-refractivity contribution in [3.8, 4) is 0 Å². The average Bonchev–Trinajstić information content (AvgIpc) is 3.18. The second kappa shape index (κ2) is 5.26. The van der Waals surface area contributed by atoms with Crippen LogP contribution >= 0.6 is 11.8 Å². The van der Waals surface area contributed by atoms with Crippen LogP contribution in [0.25, 0.3) is 0 Å². The Morgan fingerprint density at radius 1 is 1.33 bits per heavy atom. The van der Waals surface area contributed by atoms with Crippen molar-refractivity contribution < 1.29 is 13.2 Å². The van der Waals surface area contributed by atoms with Crippen LogP contribution in [-0.4, -0.2) is 25.2 Å². The number of hydrogen-bond donors (Lipinski definition) is 1. The van der Waals surface area contributed by atoms with Crippen LogP contribution in [0.4, 0.5) is 13.2 Å². The topological polar surface area (TPSA) is 82.5 Å². The Morgan fingerprint density at radius 3 is 2.71 bits per heavy atom. The Labute approximate surface area is 121 Å². The maximum atomic E-state index is 12.8. The van der Waals surface area contributed by atoms with Crippen LogP contribution in [0.3, 0.4) is 0 Å². The molecule has 2 aromatic heterocycles. The third-order valence-electron chi connectivity index (χ3n) is 2.99. The monoisotopic (exact) mass is 316 g/mol. The van der Waals surface area contributed by atoms with Crippen LogP contribution in [0.1, 0.15) is 30.1 Å². The first-order valence-corrected chi connectivity index (χ1v) is 7.03. The number of pyridine rings is 1. The number of aromatic nitrogens is 5. The summed E-state index contributed by atoms with van der Waals surface area (Å²) < 4.78 is 39.9. The zero-order valence-corrected chi connectivity index (χ0v) is 11.5. The van der Waals surface area contributed by atoms with Crippen molar-refractivity contribution in [2.24, 2.45) is 5.73 Å². The van der Waals surface area contributed by atoms with Gasteiger partial charge in [0, 0.05) is 6.54 Å². The van der Waals surface area contributed by atoms with E-state index >= 15 is 0 Å². The van der Waals surface area contributed by atoms with Gasteiger partial charge in [0.05, 0.1) is 6.04 Å². The molecule has 2 aromatic rings. The highest BCUT2D eigenvalue weighted by molar-refractivity contribution is 7.99. The maximum absolute atomic E-state index is 12.8. The van der Waals surface area contributed by atoms with Gasteiger partial charge in [0.1, 0.15) is 10.7 Å². The maximum Gasteiger partial charge on any atom is 0.433 e. The first-order chi connectivity index (χ1) is 9.99. The number of rotatable bonds is 4. The molecule has 1 fully saturated rings. The van der Waals surface area contributed by atoms with Gasteiger partial charge in [0.2, 0.25) is 5.16 Å².